The molecular weight excluding hydrogens is 150 g/mol. The van der Waals surface area contributed by atoms with Gasteiger partial charge in [-0.3, -0.25) is 4.79 Å². The molecule has 1 aromatic rings. The van der Waals surface area contributed by atoms with Crippen LogP contribution in [-0.2, 0) is 6.42 Å². The van der Waals surface area contributed by atoms with E-state index in [4.69, 9.17) is 5.73 Å². The van der Waals surface area contributed by atoms with Crippen LogP contribution in [0.3, 0.4) is 0 Å². The van der Waals surface area contributed by atoms with Crippen molar-refractivity contribution in [2.45, 2.75) is 19.4 Å². The second-order valence-corrected chi connectivity index (χ2v) is 3.00. The van der Waals surface area contributed by atoms with Gasteiger partial charge in [0.25, 0.3) is 0 Å². The minimum absolute atomic E-state index is 0.103. The van der Waals surface area contributed by atoms with Crippen LogP contribution in [0, 0.1) is 0 Å². The lowest BCUT2D eigenvalue weighted by molar-refractivity contribution is 0.112. The zero-order valence-corrected chi connectivity index (χ0v) is 7.16. The molecule has 1 atom stereocenters. The van der Waals surface area contributed by atoms with Crippen molar-refractivity contribution in [1.82, 2.24) is 0 Å². The summed E-state index contributed by atoms with van der Waals surface area (Å²) in [7, 11) is 0. The first-order chi connectivity index (χ1) is 5.74. The Morgan fingerprint density at radius 3 is 2.75 bits per heavy atom. The molecule has 0 amide bonds. The highest BCUT2D eigenvalue weighted by atomic mass is 16.1. The number of carbonyl (C=O) groups excluding carboxylic acids is 1. The minimum Gasteiger partial charge on any atom is -0.328 e. The van der Waals surface area contributed by atoms with Gasteiger partial charge in [0.05, 0.1) is 0 Å². The Hall–Kier alpha value is -1.15. The van der Waals surface area contributed by atoms with E-state index in [0.29, 0.717) is 0 Å². The quantitative estimate of drug-likeness (QED) is 0.684. The molecule has 1 aromatic carbocycles. The highest BCUT2D eigenvalue weighted by Gasteiger charge is 2.02. The summed E-state index contributed by atoms with van der Waals surface area (Å²) in [4.78, 5) is 10.6. The van der Waals surface area contributed by atoms with Crippen LogP contribution in [0.5, 0.6) is 0 Å². The van der Waals surface area contributed by atoms with E-state index in [1.807, 2.05) is 31.2 Å². The molecule has 0 bridgehead atoms. The predicted molar refractivity (Wildman–Crippen MR) is 49.2 cm³/mol. The lowest BCUT2D eigenvalue weighted by Gasteiger charge is -2.06. The molecule has 0 saturated carbocycles. The van der Waals surface area contributed by atoms with E-state index < -0.39 is 0 Å². The summed E-state index contributed by atoms with van der Waals surface area (Å²) in [6.45, 7) is 1.93. The molecule has 0 aromatic heterocycles. The smallest absolute Gasteiger partial charge is 0.150 e. The van der Waals surface area contributed by atoms with Crippen LogP contribution in [0.4, 0.5) is 0 Å². The Morgan fingerprint density at radius 1 is 1.50 bits per heavy atom. The third kappa shape index (κ3) is 2.17. The largest absolute Gasteiger partial charge is 0.328 e. The van der Waals surface area contributed by atoms with Gasteiger partial charge in [0.1, 0.15) is 6.29 Å². The van der Waals surface area contributed by atoms with Crippen molar-refractivity contribution in [3.8, 4) is 0 Å². The third-order valence-corrected chi connectivity index (χ3v) is 1.72. The summed E-state index contributed by atoms with van der Waals surface area (Å²) in [5, 5.41) is 0. The molecule has 0 fully saturated rings. The summed E-state index contributed by atoms with van der Waals surface area (Å²) in [6, 6.07) is 7.63. The van der Waals surface area contributed by atoms with Gasteiger partial charge in [0.15, 0.2) is 0 Å². The fraction of sp³-hybridized carbons (Fsp3) is 0.300. The zero-order valence-electron chi connectivity index (χ0n) is 7.16. The van der Waals surface area contributed by atoms with Gasteiger partial charge in [0.2, 0.25) is 0 Å². The van der Waals surface area contributed by atoms with Crippen LogP contribution in [-0.4, -0.2) is 12.3 Å². The summed E-state index contributed by atoms with van der Waals surface area (Å²) in [5.74, 6) is 0. The SMILES string of the molecule is C[C@@H](N)Cc1ccccc1C=O. The van der Waals surface area contributed by atoms with Gasteiger partial charge < -0.3 is 5.73 Å². The molecule has 0 aliphatic rings. The van der Waals surface area contributed by atoms with E-state index in [0.717, 1.165) is 23.8 Å². The van der Waals surface area contributed by atoms with Gasteiger partial charge >= 0.3 is 0 Å². The fourth-order valence-electron chi connectivity index (χ4n) is 1.18. The molecule has 0 saturated heterocycles. The average molecular weight is 163 g/mol. The Morgan fingerprint density at radius 2 is 2.17 bits per heavy atom. The topological polar surface area (TPSA) is 43.1 Å². The molecule has 2 heteroatoms. The molecule has 0 aliphatic heterocycles. The molecule has 0 spiro atoms. The molecule has 2 nitrogen and oxygen atoms in total. The Bertz CT molecular complexity index is 268. The lowest BCUT2D eigenvalue weighted by Crippen LogP contribution is -2.18. The van der Waals surface area contributed by atoms with Crippen molar-refractivity contribution in [1.29, 1.82) is 0 Å². The number of aldehydes is 1. The van der Waals surface area contributed by atoms with E-state index in [1.165, 1.54) is 0 Å². The van der Waals surface area contributed by atoms with Crippen LogP contribution in [0.1, 0.15) is 22.8 Å². The Labute approximate surface area is 72.4 Å². The maximum atomic E-state index is 10.6. The zero-order chi connectivity index (χ0) is 8.97. The van der Waals surface area contributed by atoms with E-state index in [-0.39, 0.29) is 6.04 Å². The number of hydrogen-bond donors (Lipinski definition) is 1. The fourth-order valence-corrected chi connectivity index (χ4v) is 1.18. The Balaban J connectivity index is 2.89. The van der Waals surface area contributed by atoms with Crippen LogP contribution in [0.2, 0.25) is 0 Å². The van der Waals surface area contributed by atoms with Crippen molar-refractivity contribution < 1.29 is 4.79 Å². The van der Waals surface area contributed by atoms with Crippen molar-refractivity contribution in [2.75, 3.05) is 0 Å². The van der Waals surface area contributed by atoms with Crippen molar-refractivity contribution in [3.63, 3.8) is 0 Å². The van der Waals surface area contributed by atoms with E-state index in [9.17, 15) is 4.79 Å². The van der Waals surface area contributed by atoms with Crippen molar-refractivity contribution in [2.24, 2.45) is 5.73 Å². The van der Waals surface area contributed by atoms with Gasteiger partial charge in [-0.1, -0.05) is 24.3 Å². The van der Waals surface area contributed by atoms with Crippen LogP contribution < -0.4 is 5.73 Å². The number of hydrogen-bond acceptors (Lipinski definition) is 2. The van der Waals surface area contributed by atoms with Crippen molar-refractivity contribution in [3.05, 3.63) is 35.4 Å². The maximum absolute atomic E-state index is 10.6. The van der Waals surface area contributed by atoms with Gasteiger partial charge in [-0.2, -0.15) is 0 Å². The monoisotopic (exact) mass is 163 g/mol. The van der Waals surface area contributed by atoms with Gasteiger partial charge in [-0.25, -0.2) is 0 Å². The molecule has 0 unspecified atom stereocenters. The van der Waals surface area contributed by atoms with E-state index in [2.05, 4.69) is 0 Å². The molecule has 0 aliphatic carbocycles. The number of benzene rings is 1. The second kappa shape index (κ2) is 4.02. The van der Waals surface area contributed by atoms with Crippen molar-refractivity contribution >= 4 is 6.29 Å². The summed E-state index contributed by atoms with van der Waals surface area (Å²) in [5.41, 5.74) is 7.41. The lowest BCUT2D eigenvalue weighted by atomic mass is 10.0. The Kier molecular flexibility index (Phi) is 3.00. The third-order valence-electron chi connectivity index (χ3n) is 1.72. The summed E-state index contributed by atoms with van der Waals surface area (Å²) in [6.07, 6.45) is 1.63. The molecular formula is C10H13NO. The highest BCUT2D eigenvalue weighted by molar-refractivity contribution is 5.77. The van der Waals surface area contributed by atoms with Gasteiger partial charge in [-0.15, -0.1) is 0 Å². The number of rotatable bonds is 3. The van der Waals surface area contributed by atoms with Crippen LogP contribution in [0.25, 0.3) is 0 Å². The molecule has 1 rings (SSSR count). The predicted octanol–water partition coefficient (Wildman–Crippen LogP) is 1.39. The first-order valence-electron chi connectivity index (χ1n) is 4.02. The van der Waals surface area contributed by atoms with Gasteiger partial charge in [-0.05, 0) is 18.9 Å². The van der Waals surface area contributed by atoms with Gasteiger partial charge in [0, 0.05) is 11.6 Å². The first-order valence-corrected chi connectivity index (χ1v) is 4.02. The number of nitrogens with two attached hydrogens (primary N) is 1. The average Bonchev–Trinajstić information content (AvgIpc) is 2.04. The normalized spacial score (nSPS) is 12.5. The van der Waals surface area contributed by atoms with Crippen LogP contribution >= 0.6 is 0 Å². The van der Waals surface area contributed by atoms with E-state index >= 15 is 0 Å². The van der Waals surface area contributed by atoms with E-state index in [1.54, 1.807) is 0 Å². The first kappa shape index (κ1) is 8.94. The molecule has 12 heavy (non-hydrogen) atoms. The van der Waals surface area contributed by atoms with Crippen LogP contribution in [0.15, 0.2) is 24.3 Å². The summed E-state index contributed by atoms with van der Waals surface area (Å²) < 4.78 is 0. The number of carbonyl (C=O) groups is 1. The molecule has 0 radical (unpaired) electrons. The minimum atomic E-state index is 0.103. The molecule has 0 heterocycles. The standard InChI is InChI=1S/C10H13NO/c1-8(11)6-9-4-2-3-5-10(9)7-12/h2-5,7-8H,6,11H2,1H3/t8-/m1/s1. The highest BCUT2D eigenvalue weighted by Crippen LogP contribution is 2.07. The molecule has 2 N–H and O–H groups in total. The molecule has 64 valence electrons. The maximum Gasteiger partial charge on any atom is 0.150 e. The second-order valence-electron chi connectivity index (χ2n) is 3.00. The summed E-state index contributed by atoms with van der Waals surface area (Å²) >= 11 is 0.